The lowest BCUT2D eigenvalue weighted by Crippen LogP contribution is -2.37. The van der Waals surface area contributed by atoms with Gasteiger partial charge in [0.2, 0.25) is 5.95 Å². The molecule has 2 aromatic rings. The Bertz CT molecular complexity index is 857. The van der Waals surface area contributed by atoms with E-state index in [2.05, 4.69) is 15.3 Å². The summed E-state index contributed by atoms with van der Waals surface area (Å²) in [5.41, 5.74) is -0.401. The second-order valence-electron chi connectivity index (χ2n) is 6.08. The lowest BCUT2D eigenvalue weighted by atomic mass is 10.2. The van der Waals surface area contributed by atoms with Crippen LogP contribution in [0.4, 0.5) is 30.6 Å². The number of nitrogens with one attached hydrogen (secondary N) is 1. The van der Waals surface area contributed by atoms with Gasteiger partial charge in [-0.15, -0.1) is 0 Å². The van der Waals surface area contributed by atoms with E-state index in [-0.39, 0.29) is 5.69 Å². The highest BCUT2D eigenvalue weighted by Crippen LogP contribution is 2.25. The van der Waals surface area contributed by atoms with Crippen LogP contribution < -0.4 is 15.1 Å². The molecule has 0 saturated carbocycles. The van der Waals surface area contributed by atoms with Crippen LogP contribution >= 0.6 is 0 Å². The van der Waals surface area contributed by atoms with Crippen molar-refractivity contribution < 1.29 is 22.7 Å². The van der Waals surface area contributed by atoms with Crippen LogP contribution in [0.1, 0.15) is 10.4 Å². The van der Waals surface area contributed by atoms with Crippen molar-refractivity contribution in [2.45, 2.75) is 0 Å². The largest absolute Gasteiger partial charge is 0.378 e. The van der Waals surface area contributed by atoms with Crippen molar-refractivity contribution in [2.75, 3.05) is 55.5 Å². The number of halogens is 3. The van der Waals surface area contributed by atoms with E-state index in [1.54, 1.807) is 19.0 Å². The van der Waals surface area contributed by atoms with Crippen LogP contribution in [-0.2, 0) is 4.74 Å². The summed E-state index contributed by atoms with van der Waals surface area (Å²) < 4.78 is 45.6. The van der Waals surface area contributed by atoms with Crippen molar-refractivity contribution in [1.82, 2.24) is 9.97 Å². The van der Waals surface area contributed by atoms with Gasteiger partial charge in [0.05, 0.1) is 25.0 Å². The molecule has 0 bridgehead atoms. The first-order valence-corrected chi connectivity index (χ1v) is 8.20. The zero-order chi connectivity index (χ0) is 19.6. The van der Waals surface area contributed by atoms with Gasteiger partial charge in [0.1, 0.15) is 5.69 Å². The average molecular weight is 381 g/mol. The number of aromatic nitrogens is 2. The minimum Gasteiger partial charge on any atom is -0.378 e. The van der Waals surface area contributed by atoms with Gasteiger partial charge in [-0.25, -0.2) is 18.2 Å². The number of hydrogen-bond donors (Lipinski definition) is 1. The Labute approximate surface area is 153 Å². The lowest BCUT2D eigenvalue weighted by Gasteiger charge is -2.28. The maximum absolute atomic E-state index is 13.8. The molecule has 27 heavy (non-hydrogen) atoms. The Morgan fingerprint density at radius 2 is 1.89 bits per heavy atom. The van der Waals surface area contributed by atoms with Crippen LogP contribution in [0.3, 0.4) is 0 Å². The number of nitrogens with zero attached hydrogens (tertiary/aromatic N) is 4. The summed E-state index contributed by atoms with van der Waals surface area (Å²) in [5.74, 6) is -4.69. The number of benzene rings is 1. The normalized spacial score (nSPS) is 14.2. The van der Waals surface area contributed by atoms with Gasteiger partial charge in [-0.05, 0) is 12.1 Å². The molecule has 1 aliphatic heterocycles. The van der Waals surface area contributed by atoms with Gasteiger partial charge in [0.25, 0.3) is 5.91 Å². The second-order valence-corrected chi connectivity index (χ2v) is 6.08. The SMILES string of the molecule is CN(C)c1nc(N2CCOCC2)ncc1NC(=O)c1ccc(F)c(F)c1F. The fraction of sp³-hybridized carbons (Fsp3) is 0.353. The molecule has 0 aliphatic carbocycles. The summed E-state index contributed by atoms with van der Waals surface area (Å²) in [6.45, 7) is 2.40. The van der Waals surface area contributed by atoms with E-state index in [1.807, 2.05) is 4.90 Å². The maximum atomic E-state index is 13.8. The molecule has 1 aromatic carbocycles. The van der Waals surface area contributed by atoms with Crippen LogP contribution in [-0.4, -0.2) is 56.3 Å². The monoisotopic (exact) mass is 381 g/mol. The summed E-state index contributed by atoms with van der Waals surface area (Å²) in [6, 6.07) is 1.57. The van der Waals surface area contributed by atoms with E-state index in [9.17, 15) is 18.0 Å². The molecule has 1 saturated heterocycles. The first kappa shape index (κ1) is 18.9. The van der Waals surface area contributed by atoms with Crippen molar-refractivity contribution in [2.24, 2.45) is 0 Å². The van der Waals surface area contributed by atoms with Crippen LogP contribution in [0.15, 0.2) is 18.3 Å². The van der Waals surface area contributed by atoms with Gasteiger partial charge in [-0.1, -0.05) is 0 Å². The minimum absolute atomic E-state index is 0.214. The molecule has 1 N–H and O–H groups in total. The number of amides is 1. The second kappa shape index (κ2) is 7.78. The van der Waals surface area contributed by atoms with E-state index in [1.165, 1.54) is 6.20 Å². The van der Waals surface area contributed by atoms with Crippen LogP contribution in [0.25, 0.3) is 0 Å². The predicted octanol–water partition coefficient (Wildman–Crippen LogP) is 2.05. The zero-order valence-electron chi connectivity index (χ0n) is 14.8. The Hall–Kier alpha value is -2.88. The zero-order valence-corrected chi connectivity index (χ0v) is 14.8. The number of rotatable bonds is 4. The molecule has 144 valence electrons. The Kier molecular flexibility index (Phi) is 5.45. The number of carbonyl (C=O) groups excluding carboxylic acids is 1. The maximum Gasteiger partial charge on any atom is 0.258 e. The summed E-state index contributed by atoms with van der Waals surface area (Å²) in [4.78, 5) is 24.6. The highest BCUT2D eigenvalue weighted by molar-refractivity contribution is 6.05. The van der Waals surface area contributed by atoms with Crippen LogP contribution in [0.2, 0.25) is 0 Å². The quantitative estimate of drug-likeness (QED) is 0.818. The Morgan fingerprint density at radius 1 is 1.19 bits per heavy atom. The van der Waals surface area contributed by atoms with Gasteiger partial charge in [0.15, 0.2) is 23.3 Å². The van der Waals surface area contributed by atoms with E-state index >= 15 is 0 Å². The predicted molar refractivity (Wildman–Crippen MR) is 93.7 cm³/mol. The molecule has 0 spiro atoms. The standard InChI is InChI=1S/C17H18F3N5O2/c1-24(2)15-12(9-21-17(23-15)25-5-7-27-8-6-25)22-16(26)10-3-4-11(18)14(20)13(10)19/h3-4,9H,5-8H2,1-2H3,(H,22,26). The molecule has 1 fully saturated rings. The molecule has 0 radical (unpaired) electrons. The molecule has 0 atom stereocenters. The number of anilines is 3. The Balaban J connectivity index is 1.87. The summed E-state index contributed by atoms with van der Waals surface area (Å²) in [5, 5.41) is 2.45. The van der Waals surface area contributed by atoms with Crippen molar-refractivity contribution in [1.29, 1.82) is 0 Å². The third-order valence-electron chi connectivity index (χ3n) is 4.00. The molecular formula is C17H18F3N5O2. The van der Waals surface area contributed by atoms with Crippen molar-refractivity contribution in [3.05, 3.63) is 41.3 Å². The first-order chi connectivity index (χ1) is 12.9. The molecule has 2 heterocycles. The van der Waals surface area contributed by atoms with E-state index in [4.69, 9.17) is 4.74 Å². The fourth-order valence-corrected chi connectivity index (χ4v) is 2.60. The van der Waals surface area contributed by atoms with Gasteiger partial charge < -0.3 is 19.9 Å². The van der Waals surface area contributed by atoms with Gasteiger partial charge in [0, 0.05) is 27.2 Å². The lowest BCUT2D eigenvalue weighted by molar-refractivity contribution is 0.102. The minimum atomic E-state index is -1.70. The molecule has 10 heteroatoms. The molecule has 0 unspecified atom stereocenters. The van der Waals surface area contributed by atoms with Crippen molar-refractivity contribution in [3.63, 3.8) is 0 Å². The summed E-state index contributed by atoms with van der Waals surface area (Å²) in [7, 11) is 3.44. The molecule has 1 amide bonds. The van der Waals surface area contributed by atoms with E-state index in [0.29, 0.717) is 44.1 Å². The number of carbonyl (C=O) groups is 1. The van der Waals surface area contributed by atoms with Crippen LogP contribution in [0, 0.1) is 17.5 Å². The molecule has 1 aromatic heterocycles. The third kappa shape index (κ3) is 3.95. The van der Waals surface area contributed by atoms with Crippen LogP contribution in [0.5, 0.6) is 0 Å². The molecule has 1 aliphatic rings. The van der Waals surface area contributed by atoms with Gasteiger partial charge >= 0.3 is 0 Å². The molecular weight excluding hydrogens is 363 g/mol. The van der Waals surface area contributed by atoms with Crippen molar-refractivity contribution >= 4 is 23.4 Å². The highest BCUT2D eigenvalue weighted by atomic mass is 19.2. The highest BCUT2D eigenvalue weighted by Gasteiger charge is 2.22. The topological polar surface area (TPSA) is 70.6 Å². The first-order valence-electron chi connectivity index (χ1n) is 8.20. The van der Waals surface area contributed by atoms with E-state index < -0.39 is 28.9 Å². The molecule has 7 nitrogen and oxygen atoms in total. The molecule has 3 rings (SSSR count). The third-order valence-corrected chi connectivity index (χ3v) is 4.00. The van der Waals surface area contributed by atoms with E-state index in [0.717, 1.165) is 6.07 Å². The number of ether oxygens (including phenoxy) is 1. The fourth-order valence-electron chi connectivity index (χ4n) is 2.60. The van der Waals surface area contributed by atoms with Gasteiger partial charge in [-0.2, -0.15) is 4.98 Å². The Morgan fingerprint density at radius 3 is 2.56 bits per heavy atom. The smallest absolute Gasteiger partial charge is 0.258 e. The number of morpholine rings is 1. The number of hydrogen-bond acceptors (Lipinski definition) is 6. The van der Waals surface area contributed by atoms with Crippen molar-refractivity contribution in [3.8, 4) is 0 Å². The average Bonchev–Trinajstić information content (AvgIpc) is 2.67. The summed E-state index contributed by atoms with van der Waals surface area (Å²) in [6.07, 6.45) is 1.39. The van der Waals surface area contributed by atoms with Gasteiger partial charge in [-0.3, -0.25) is 4.79 Å². The summed E-state index contributed by atoms with van der Waals surface area (Å²) >= 11 is 0.